The number of urea groups is 1. The first-order chi connectivity index (χ1) is 12.2. The summed E-state index contributed by atoms with van der Waals surface area (Å²) in [5.41, 5.74) is 1.26. The van der Waals surface area contributed by atoms with Crippen LogP contribution < -0.4 is 20.1 Å². The van der Waals surface area contributed by atoms with Gasteiger partial charge < -0.3 is 24.8 Å². The molecule has 1 atom stereocenters. The van der Waals surface area contributed by atoms with E-state index in [4.69, 9.17) is 14.2 Å². The molecule has 2 aromatic rings. The minimum absolute atomic E-state index is 0.158. The number of carbonyl (C=O) groups excluding carboxylic acids is 1. The summed E-state index contributed by atoms with van der Waals surface area (Å²) < 4.78 is 16.5. The van der Waals surface area contributed by atoms with Crippen LogP contribution in [0.4, 0.5) is 16.2 Å². The van der Waals surface area contributed by atoms with Crippen molar-refractivity contribution in [2.75, 3.05) is 31.0 Å². The van der Waals surface area contributed by atoms with Gasteiger partial charge >= 0.3 is 6.03 Å². The van der Waals surface area contributed by atoms with Crippen molar-refractivity contribution in [2.24, 2.45) is 0 Å². The highest BCUT2D eigenvalue weighted by atomic mass is 16.5. The van der Waals surface area contributed by atoms with E-state index in [1.54, 1.807) is 31.4 Å². The maximum absolute atomic E-state index is 12.2. The van der Waals surface area contributed by atoms with Crippen molar-refractivity contribution in [3.8, 4) is 11.5 Å². The molecule has 1 heterocycles. The third-order valence-electron chi connectivity index (χ3n) is 3.91. The molecule has 6 nitrogen and oxygen atoms in total. The normalized spacial score (nSPS) is 16.3. The zero-order valence-corrected chi connectivity index (χ0v) is 14.2. The summed E-state index contributed by atoms with van der Waals surface area (Å²) in [6.07, 6.45) is 2.27. The highest BCUT2D eigenvalue weighted by molar-refractivity contribution is 6.00. The molecule has 0 spiro atoms. The molecule has 1 aliphatic heterocycles. The quantitative estimate of drug-likeness (QED) is 0.835. The topological polar surface area (TPSA) is 68.8 Å². The molecule has 0 aromatic heterocycles. The van der Waals surface area contributed by atoms with Crippen molar-refractivity contribution in [3.63, 3.8) is 0 Å². The lowest BCUT2D eigenvalue weighted by molar-refractivity contribution is 0.0680. The van der Waals surface area contributed by atoms with Crippen LogP contribution >= 0.6 is 0 Å². The van der Waals surface area contributed by atoms with E-state index >= 15 is 0 Å². The molecule has 0 radical (unpaired) electrons. The summed E-state index contributed by atoms with van der Waals surface area (Å²) in [5, 5.41) is 5.56. The smallest absolute Gasteiger partial charge is 0.323 e. The lowest BCUT2D eigenvalue weighted by atomic mass is 10.2. The Hall–Kier alpha value is -2.73. The minimum atomic E-state index is -0.347. The van der Waals surface area contributed by atoms with Gasteiger partial charge in [0.05, 0.1) is 18.9 Å². The SMILES string of the molecule is COc1ccccc1NC(=O)Nc1cccc(OCC2CCCO2)c1. The van der Waals surface area contributed by atoms with Crippen LogP contribution in [-0.2, 0) is 4.74 Å². The van der Waals surface area contributed by atoms with Gasteiger partial charge in [-0.05, 0) is 37.1 Å². The number of hydrogen-bond donors (Lipinski definition) is 2. The number of anilines is 2. The van der Waals surface area contributed by atoms with Crippen molar-refractivity contribution in [1.82, 2.24) is 0 Å². The molecule has 1 saturated heterocycles. The predicted octanol–water partition coefficient (Wildman–Crippen LogP) is 3.90. The van der Waals surface area contributed by atoms with Crippen LogP contribution in [0, 0.1) is 0 Å². The number of nitrogens with one attached hydrogen (secondary N) is 2. The van der Waals surface area contributed by atoms with Gasteiger partial charge in [-0.1, -0.05) is 18.2 Å². The van der Waals surface area contributed by atoms with Crippen LogP contribution in [0.3, 0.4) is 0 Å². The molecule has 6 heteroatoms. The first-order valence-electron chi connectivity index (χ1n) is 8.30. The average molecular weight is 342 g/mol. The Kier molecular flexibility index (Phi) is 5.74. The van der Waals surface area contributed by atoms with Crippen LogP contribution in [0.15, 0.2) is 48.5 Å². The summed E-state index contributed by atoms with van der Waals surface area (Å²) in [7, 11) is 1.56. The summed E-state index contributed by atoms with van der Waals surface area (Å²) in [4.78, 5) is 12.2. The van der Waals surface area contributed by atoms with E-state index in [2.05, 4.69) is 10.6 Å². The second kappa shape index (κ2) is 8.39. The molecule has 1 aliphatic rings. The van der Waals surface area contributed by atoms with E-state index in [1.165, 1.54) is 0 Å². The number of methoxy groups -OCH3 is 1. The molecular weight excluding hydrogens is 320 g/mol. The Morgan fingerprint density at radius 1 is 1.20 bits per heavy atom. The van der Waals surface area contributed by atoms with Gasteiger partial charge in [-0.2, -0.15) is 0 Å². The van der Waals surface area contributed by atoms with Crippen molar-refractivity contribution >= 4 is 17.4 Å². The second-order valence-electron chi connectivity index (χ2n) is 5.75. The van der Waals surface area contributed by atoms with Crippen LogP contribution in [0.2, 0.25) is 0 Å². The van der Waals surface area contributed by atoms with Gasteiger partial charge in [0.1, 0.15) is 18.1 Å². The standard InChI is InChI=1S/C19H22N2O4/c1-23-18-10-3-2-9-17(18)21-19(22)20-14-6-4-7-15(12-14)25-13-16-8-5-11-24-16/h2-4,6-7,9-10,12,16H,5,8,11,13H2,1H3,(H2,20,21,22). The molecular formula is C19H22N2O4. The molecule has 3 rings (SSSR count). The van der Waals surface area contributed by atoms with Crippen LogP contribution in [0.5, 0.6) is 11.5 Å². The Bertz CT molecular complexity index is 714. The Morgan fingerprint density at radius 3 is 2.88 bits per heavy atom. The fourth-order valence-corrected chi connectivity index (χ4v) is 2.66. The predicted molar refractivity (Wildman–Crippen MR) is 96.5 cm³/mol. The number of amides is 2. The zero-order valence-electron chi connectivity index (χ0n) is 14.2. The van der Waals surface area contributed by atoms with Gasteiger partial charge in [-0.15, -0.1) is 0 Å². The molecule has 1 unspecified atom stereocenters. The molecule has 2 amide bonds. The number of para-hydroxylation sites is 2. The van der Waals surface area contributed by atoms with Gasteiger partial charge in [0.15, 0.2) is 0 Å². The van der Waals surface area contributed by atoms with E-state index < -0.39 is 0 Å². The first kappa shape index (κ1) is 17.1. The lowest BCUT2D eigenvalue weighted by Crippen LogP contribution is -2.20. The van der Waals surface area contributed by atoms with Crippen LogP contribution in [-0.4, -0.2) is 32.5 Å². The summed E-state index contributed by atoms with van der Waals surface area (Å²) in [6.45, 7) is 1.33. The molecule has 0 bridgehead atoms. The summed E-state index contributed by atoms with van der Waals surface area (Å²) >= 11 is 0. The number of carbonyl (C=O) groups is 1. The fourth-order valence-electron chi connectivity index (χ4n) is 2.66. The van der Waals surface area contributed by atoms with Crippen molar-refractivity contribution < 1.29 is 19.0 Å². The summed E-state index contributed by atoms with van der Waals surface area (Å²) in [6, 6.07) is 14.2. The molecule has 25 heavy (non-hydrogen) atoms. The van der Waals surface area contributed by atoms with Crippen LogP contribution in [0.25, 0.3) is 0 Å². The maximum atomic E-state index is 12.2. The fraction of sp³-hybridized carbons (Fsp3) is 0.316. The van der Waals surface area contributed by atoms with Gasteiger partial charge in [0.2, 0.25) is 0 Å². The molecule has 1 fully saturated rings. The molecule has 0 saturated carbocycles. The second-order valence-corrected chi connectivity index (χ2v) is 5.75. The van der Waals surface area contributed by atoms with Crippen LogP contribution in [0.1, 0.15) is 12.8 Å². The Morgan fingerprint density at radius 2 is 2.08 bits per heavy atom. The van der Waals surface area contributed by atoms with Crippen molar-refractivity contribution in [3.05, 3.63) is 48.5 Å². The van der Waals surface area contributed by atoms with E-state index in [1.807, 2.05) is 24.3 Å². The summed E-state index contributed by atoms with van der Waals surface area (Å²) in [5.74, 6) is 1.30. The van der Waals surface area contributed by atoms with Crippen molar-refractivity contribution in [2.45, 2.75) is 18.9 Å². The zero-order chi connectivity index (χ0) is 17.5. The third-order valence-corrected chi connectivity index (χ3v) is 3.91. The highest BCUT2D eigenvalue weighted by Crippen LogP contribution is 2.24. The van der Waals surface area contributed by atoms with Crippen molar-refractivity contribution in [1.29, 1.82) is 0 Å². The largest absolute Gasteiger partial charge is 0.495 e. The Balaban J connectivity index is 1.56. The number of benzene rings is 2. The highest BCUT2D eigenvalue weighted by Gasteiger charge is 2.16. The van der Waals surface area contributed by atoms with E-state index in [-0.39, 0.29) is 12.1 Å². The number of ether oxygens (including phenoxy) is 3. The van der Waals surface area contributed by atoms with Gasteiger partial charge in [-0.3, -0.25) is 0 Å². The minimum Gasteiger partial charge on any atom is -0.495 e. The monoisotopic (exact) mass is 342 g/mol. The Labute approximate surface area is 147 Å². The maximum Gasteiger partial charge on any atom is 0.323 e. The first-order valence-corrected chi connectivity index (χ1v) is 8.30. The average Bonchev–Trinajstić information content (AvgIpc) is 3.14. The lowest BCUT2D eigenvalue weighted by Gasteiger charge is -2.13. The van der Waals surface area contributed by atoms with E-state index in [0.29, 0.717) is 29.5 Å². The van der Waals surface area contributed by atoms with Gasteiger partial charge in [0, 0.05) is 18.4 Å². The molecule has 2 aromatic carbocycles. The van der Waals surface area contributed by atoms with Gasteiger partial charge in [-0.25, -0.2) is 4.79 Å². The van der Waals surface area contributed by atoms with Gasteiger partial charge in [0.25, 0.3) is 0 Å². The number of rotatable bonds is 6. The molecule has 2 N–H and O–H groups in total. The number of hydrogen-bond acceptors (Lipinski definition) is 4. The molecule has 0 aliphatic carbocycles. The molecule has 132 valence electrons. The van der Waals surface area contributed by atoms with E-state index in [9.17, 15) is 4.79 Å². The van der Waals surface area contributed by atoms with E-state index in [0.717, 1.165) is 19.4 Å². The third kappa shape index (κ3) is 4.87.